The van der Waals surface area contributed by atoms with E-state index in [1.807, 2.05) is 6.92 Å². The van der Waals surface area contributed by atoms with E-state index in [4.69, 9.17) is 5.73 Å². The summed E-state index contributed by atoms with van der Waals surface area (Å²) in [5.41, 5.74) is 6.30. The Morgan fingerprint density at radius 3 is 2.60 bits per heavy atom. The Bertz CT molecular complexity index is 552. The zero-order valence-corrected chi connectivity index (χ0v) is 11.6. The number of hydrogen-bond acceptors (Lipinski definition) is 3. The molecule has 1 aromatic carbocycles. The zero-order chi connectivity index (χ0) is 14.3. The lowest BCUT2D eigenvalue weighted by atomic mass is 9.89. The number of nitrogens with two attached hydrogens (primary N) is 1. The number of hydrogen-bond donors (Lipinski definition) is 1. The summed E-state index contributed by atoms with van der Waals surface area (Å²) in [5, 5.41) is 0. The maximum Gasteiger partial charge on any atom is 0.192 e. The lowest BCUT2D eigenvalue weighted by molar-refractivity contribution is 0.166. The summed E-state index contributed by atoms with van der Waals surface area (Å²) < 4.78 is 26.7. The second kappa shape index (κ2) is 4.72. The summed E-state index contributed by atoms with van der Waals surface area (Å²) in [6.45, 7) is 2.49. The third-order valence-electron chi connectivity index (χ3n) is 4.56. The van der Waals surface area contributed by atoms with Gasteiger partial charge < -0.3 is 10.6 Å². The minimum Gasteiger partial charge on any atom is -0.370 e. The van der Waals surface area contributed by atoms with Crippen molar-refractivity contribution in [2.45, 2.75) is 44.2 Å². The molecule has 20 heavy (non-hydrogen) atoms. The highest BCUT2D eigenvalue weighted by molar-refractivity contribution is 5.81. The van der Waals surface area contributed by atoms with Crippen molar-refractivity contribution in [2.75, 3.05) is 6.54 Å². The molecule has 1 aromatic rings. The van der Waals surface area contributed by atoms with Gasteiger partial charge in [-0.25, -0.2) is 8.78 Å². The highest BCUT2D eigenvalue weighted by Gasteiger charge is 2.44. The molecule has 0 radical (unpaired) electrons. The topological polar surface area (TPSA) is 41.6 Å². The third kappa shape index (κ3) is 1.96. The van der Waals surface area contributed by atoms with Crippen molar-refractivity contribution >= 4 is 5.96 Å². The van der Waals surface area contributed by atoms with Crippen molar-refractivity contribution in [2.24, 2.45) is 10.7 Å². The summed E-state index contributed by atoms with van der Waals surface area (Å²) in [5.74, 6) is -1.12. The first-order valence-electron chi connectivity index (χ1n) is 7.07. The Hall–Kier alpha value is -1.65. The minimum absolute atomic E-state index is 0.347. The van der Waals surface area contributed by atoms with E-state index in [0.29, 0.717) is 18.5 Å². The number of guanidine groups is 1. The Morgan fingerprint density at radius 2 is 1.95 bits per heavy atom. The third-order valence-corrected chi connectivity index (χ3v) is 4.56. The fourth-order valence-electron chi connectivity index (χ4n) is 3.45. The first kappa shape index (κ1) is 13.3. The molecule has 0 bridgehead atoms. The molecule has 0 saturated heterocycles. The predicted octanol–water partition coefficient (Wildman–Crippen LogP) is 2.75. The van der Waals surface area contributed by atoms with Gasteiger partial charge in [0.05, 0.1) is 12.1 Å². The largest absolute Gasteiger partial charge is 0.370 e. The Labute approximate surface area is 117 Å². The number of aliphatic imine (C=N–C) groups is 1. The SMILES string of the molecule is CC1(c2ccc(F)c(F)c2)CN=C(N)N1C1CCCC1. The first-order valence-corrected chi connectivity index (χ1v) is 7.07. The number of nitrogens with zero attached hydrogens (tertiary/aromatic N) is 2. The molecule has 1 saturated carbocycles. The summed E-state index contributed by atoms with van der Waals surface area (Å²) >= 11 is 0. The van der Waals surface area contributed by atoms with Gasteiger partial charge in [-0.3, -0.25) is 4.99 Å². The maximum atomic E-state index is 13.5. The molecule has 2 N–H and O–H groups in total. The smallest absolute Gasteiger partial charge is 0.192 e. The zero-order valence-electron chi connectivity index (χ0n) is 11.6. The van der Waals surface area contributed by atoms with Crippen molar-refractivity contribution in [3.05, 3.63) is 35.4 Å². The summed E-state index contributed by atoms with van der Waals surface area (Å²) in [4.78, 5) is 6.45. The average Bonchev–Trinajstić information content (AvgIpc) is 3.02. The van der Waals surface area contributed by atoms with Crippen LogP contribution in [-0.4, -0.2) is 23.4 Å². The van der Waals surface area contributed by atoms with E-state index >= 15 is 0 Å². The van der Waals surface area contributed by atoms with Gasteiger partial charge in [0.25, 0.3) is 0 Å². The van der Waals surface area contributed by atoms with Crippen molar-refractivity contribution in [1.82, 2.24) is 4.90 Å². The van der Waals surface area contributed by atoms with Gasteiger partial charge in [-0.2, -0.15) is 0 Å². The van der Waals surface area contributed by atoms with Gasteiger partial charge in [-0.1, -0.05) is 18.9 Å². The van der Waals surface area contributed by atoms with E-state index in [0.717, 1.165) is 18.4 Å². The van der Waals surface area contributed by atoms with Crippen LogP contribution in [0.25, 0.3) is 0 Å². The van der Waals surface area contributed by atoms with E-state index in [-0.39, 0.29) is 0 Å². The Morgan fingerprint density at radius 1 is 1.25 bits per heavy atom. The van der Waals surface area contributed by atoms with Crippen LogP contribution in [0.4, 0.5) is 8.78 Å². The van der Waals surface area contributed by atoms with Crippen LogP contribution >= 0.6 is 0 Å². The normalized spacial score (nSPS) is 27.1. The fourth-order valence-corrected chi connectivity index (χ4v) is 3.45. The highest BCUT2D eigenvalue weighted by atomic mass is 19.2. The van der Waals surface area contributed by atoms with Crippen molar-refractivity contribution in [3.63, 3.8) is 0 Å². The van der Waals surface area contributed by atoms with Gasteiger partial charge in [0.1, 0.15) is 0 Å². The van der Waals surface area contributed by atoms with Crippen LogP contribution in [0.3, 0.4) is 0 Å². The molecule has 3 rings (SSSR count). The lowest BCUT2D eigenvalue weighted by Crippen LogP contribution is -2.52. The van der Waals surface area contributed by atoms with Gasteiger partial charge in [0.2, 0.25) is 0 Å². The molecule has 0 amide bonds. The van der Waals surface area contributed by atoms with Gasteiger partial charge in [0.15, 0.2) is 17.6 Å². The molecule has 1 atom stereocenters. The predicted molar refractivity (Wildman–Crippen MR) is 74.3 cm³/mol. The standard InChI is InChI=1S/C15H19F2N3/c1-15(10-6-7-12(16)13(17)8-10)9-19-14(18)20(15)11-4-2-3-5-11/h6-8,11H,2-5,9H2,1H3,(H2,18,19). The molecule has 1 aliphatic carbocycles. The van der Waals surface area contributed by atoms with Crippen LogP contribution in [-0.2, 0) is 5.54 Å². The van der Waals surface area contributed by atoms with Crippen LogP contribution < -0.4 is 5.73 Å². The van der Waals surface area contributed by atoms with E-state index in [2.05, 4.69) is 9.89 Å². The molecule has 1 unspecified atom stereocenters. The van der Waals surface area contributed by atoms with Gasteiger partial charge >= 0.3 is 0 Å². The monoisotopic (exact) mass is 279 g/mol. The Kier molecular flexibility index (Phi) is 3.15. The van der Waals surface area contributed by atoms with Crippen molar-refractivity contribution < 1.29 is 8.78 Å². The highest BCUT2D eigenvalue weighted by Crippen LogP contribution is 2.39. The molecule has 2 aliphatic rings. The molecule has 1 aliphatic heterocycles. The van der Waals surface area contributed by atoms with E-state index in [9.17, 15) is 8.78 Å². The molecule has 3 nitrogen and oxygen atoms in total. The molecular weight excluding hydrogens is 260 g/mol. The van der Waals surface area contributed by atoms with E-state index in [1.165, 1.54) is 25.0 Å². The molecule has 5 heteroatoms. The van der Waals surface area contributed by atoms with Gasteiger partial charge in [-0.05, 0) is 37.5 Å². The van der Waals surface area contributed by atoms with Crippen LogP contribution in [0.1, 0.15) is 38.2 Å². The molecule has 0 aromatic heterocycles. The quantitative estimate of drug-likeness (QED) is 0.904. The molecule has 1 fully saturated rings. The Balaban J connectivity index is 1.98. The first-order chi connectivity index (χ1) is 9.52. The molecule has 108 valence electrons. The van der Waals surface area contributed by atoms with Crippen LogP contribution in [0.15, 0.2) is 23.2 Å². The summed E-state index contributed by atoms with van der Waals surface area (Å²) in [7, 11) is 0. The van der Waals surface area contributed by atoms with Crippen LogP contribution in [0.2, 0.25) is 0 Å². The second-order valence-electron chi connectivity index (χ2n) is 5.89. The van der Waals surface area contributed by atoms with E-state index in [1.54, 1.807) is 6.07 Å². The number of benzene rings is 1. The second-order valence-corrected chi connectivity index (χ2v) is 5.89. The molecule has 1 heterocycles. The van der Waals surface area contributed by atoms with E-state index < -0.39 is 17.2 Å². The van der Waals surface area contributed by atoms with Gasteiger partial charge in [-0.15, -0.1) is 0 Å². The molecule has 0 spiro atoms. The van der Waals surface area contributed by atoms with Crippen LogP contribution in [0.5, 0.6) is 0 Å². The average molecular weight is 279 g/mol. The fraction of sp³-hybridized carbons (Fsp3) is 0.533. The van der Waals surface area contributed by atoms with Gasteiger partial charge in [0, 0.05) is 6.04 Å². The summed E-state index contributed by atoms with van der Waals surface area (Å²) in [6, 6.07) is 4.43. The number of rotatable bonds is 2. The minimum atomic E-state index is -0.823. The van der Waals surface area contributed by atoms with Crippen molar-refractivity contribution in [1.29, 1.82) is 0 Å². The van der Waals surface area contributed by atoms with Crippen LogP contribution in [0, 0.1) is 11.6 Å². The summed E-state index contributed by atoms with van der Waals surface area (Å²) in [6.07, 6.45) is 4.52. The van der Waals surface area contributed by atoms with Crippen molar-refractivity contribution in [3.8, 4) is 0 Å². The maximum absolute atomic E-state index is 13.5. The lowest BCUT2D eigenvalue weighted by Gasteiger charge is -2.41. The molecular formula is C15H19F2N3. The number of halogens is 2.